The maximum atomic E-state index is 12.6. The summed E-state index contributed by atoms with van der Waals surface area (Å²) in [7, 11) is 0. The Balaban J connectivity index is 1.74. The summed E-state index contributed by atoms with van der Waals surface area (Å²) in [6.07, 6.45) is -3.70. The third kappa shape index (κ3) is 4.06. The lowest BCUT2D eigenvalue weighted by atomic mass is 10.1. The van der Waals surface area contributed by atoms with E-state index < -0.39 is 11.9 Å². The molecule has 0 saturated carbocycles. The molecule has 0 unspecified atom stereocenters. The highest BCUT2D eigenvalue weighted by Crippen LogP contribution is 2.32. The molecule has 3 aromatic rings. The Morgan fingerprint density at radius 2 is 1.84 bits per heavy atom. The number of imidazole rings is 1. The van der Waals surface area contributed by atoms with Gasteiger partial charge in [0.05, 0.1) is 0 Å². The third-order valence-corrected chi connectivity index (χ3v) is 3.72. The zero-order chi connectivity index (χ0) is 18.0. The highest BCUT2D eigenvalue weighted by atomic mass is 35.5. The second-order valence-electron chi connectivity index (χ2n) is 5.30. The van der Waals surface area contributed by atoms with Gasteiger partial charge in [-0.25, -0.2) is 4.98 Å². The number of hydrogen-bond acceptors (Lipinski definition) is 3. The molecule has 0 aliphatic carbocycles. The lowest BCUT2D eigenvalue weighted by Crippen LogP contribution is -2.05. The summed E-state index contributed by atoms with van der Waals surface area (Å²) in [6, 6.07) is 11.9. The number of alkyl halides is 3. The number of benzene rings is 2. The van der Waals surface area contributed by atoms with Crippen LogP contribution in [-0.2, 0) is 12.8 Å². The fourth-order valence-electron chi connectivity index (χ4n) is 2.20. The standard InChI is InChI=1S/C17H13ClF3N3O/c18-11-3-1-10(2-4-11)9-25-12-5-6-13(14(22)7-12)16-23-8-15(24-16)17(19,20)21/h1-8H,9,22H2,(H,23,24). The largest absolute Gasteiger partial charge is 0.489 e. The van der Waals surface area contributed by atoms with E-state index >= 15 is 0 Å². The Hall–Kier alpha value is -2.67. The maximum absolute atomic E-state index is 12.6. The van der Waals surface area contributed by atoms with Crippen LogP contribution in [0.4, 0.5) is 18.9 Å². The molecule has 0 aliphatic heterocycles. The first kappa shape index (κ1) is 17.2. The number of nitrogens with zero attached hydrogens (tertiary/aromatic N) is 1. The fourth-order valence-corrected chi connectivity index (χ4v) is 2.32. The fraction of sp³-hybridized carbons (Fsp3) is 0.118. The maximum Gasteiger partial charge on any atom is 0.434 e. The first-order chi connectivity index (χ1) is 11.8. The molecule has 0 bridgehead atoms. The van der Waals surface area contributed by atoms with E-state index in [1.807, 2.05) is 12.1 Å². The lowest BCUT2D eigenvalue weighted by molar-refractivity contribution is -0.140. The predicted molar refractivity (Wildman–Crippen MR) is 89.2 cm³/mol. The summed E-state index contributed by atoms with van der Waals surface area (Å²) in [6.45, 7) is 0.314. The second kappa shape index (κ2) is 6.68. The topological polar surface area (TPSA) is 63.9 Å². The molecule has 0 aliphatic rings. The normalized spacial score (nSPS) is 11.5. The number of halogens is 4. The van der Waals surface area contributed by atoms with Gasteiger partial charge in [0.1, 0.15) is 18.2 Å². The van der Waals surface area contributed by atoms with E-state index in [4.69, 9.17) is 22.1 Å². The molecule has 3 rings (SSSR count). The SMILES string of the molecule is Nc1cc(OCc2ccc(Cl)cc2)ccc1-c1nc(C(F)(F)F)c[nH]1. The van der Waals surface area contributed by atoms with Crippen molar-refractivity contribution in [3.05, 3.63) is 64.9 Å². The van der Waals surface area contributed by atoms with Crippen LogP contribution in [0.3, 0.4) is 0 Å². The molecule has 8 heteroatoms. The minimum atomic E-state index is -4.51. The number of nitrogens with one attached hydrogen (secondary N) is 1. The molecule has 4 nitrogen and oxygen atoms in total. The minimum Gasteiger partial charge on any atom is -0.489 e. The van der Waals surface area contributed by atoms with Gasteiger partial charge in [0, 0.05) is 28.5 Å². The number of nitrogen functional groups attached to an aromatic ring is 1. The van der Waals surface area contributed by atoms with Crippen molar-refractivity contribution in [2.75, 3.05) is 5.73 Å². The number of aromatic amines is 1. The Labute approximate surface area is 146 Å². The number of hydrogen-bond donors (Lipinski definition) is 2. The monoisotopic (exact) mass is 367 g/mol. The quantitative estimate of drug-likeness (QED) is 0.644. The van der Waals surface area contributed by atoms with Crippen molar-refractivity contribution >= 4 is 17.3 Å². The molecular formula is C17H13ClF3N3O. The Morgan fingerprint density at radius 1 is 1.12 bits per heavy atom. The molecule has 25 heavy (non-hydrogen) atoms. The van der Waals surface area contributed by atoms with Crippen molar-refractivity contribution < 1.29 is 17.9 Å². The summed E-state index contributed by atoms with van der Waals surface area (Å²) in [5.74, 6) is 0.549. The minimum absolute atomic E-state index is 0.0501. The molecule has 0 fully saturated rings. The number of nitrogens with two attached hydrogens (primary N) is 1. The van der Waals surface area contributed by atoms with Crippen LogP contribution >= 0.6 is 11.6 Å². The molecule has 0 atom stereocenters. The second-order valence-corrected chi connectivity index (χ2v) is 5.73. The van der Waals surface area contributed by atoms with E-state index in [9.17, 15) is 13.2 Å². The van der Waals surface area contributed by atoms with Gasteiger partial charge in [0.15, 0.2) is 5.69 Å². The van der Waals surface area contributed by atoms with Crippen molar-refractivity contribution in [2.24, 2.45) is 0 Å². The highest BCUT2D eigenvalue weighted by molar-refractivity contribution is 6.30. The number of anilines is 1. The van der Waals surface area contributed by atoms with Crippen LogP contribution in [0.1, 0.15) is 11.3 Å². The molecule has 0 amide bonds. The van der Waals surface area contributed by atoms with Crippen molar-refractivity contribution in [1.82, 2.24) is 9.97 Å². The van der Waals surface area contributed by atoms with Gasteiger partial charge in [-0.05, 0) is 29.8 Å². The van der Waals surface area contributed by atoms with Crippen LogP contribution in [0.2, 0.25) is 5.02 Å². The summed E-state index contributed by atoms with van der Waals surface area (Å²) in [5, 5.41) is 0.633. The van der Waals surface area contributed by atoms with Crippen LogP contribution in [0.25, 0.3) is 11.4 Å². The van der Waals surface area contributed by atoms with Crippen LogP contribution in [0, 0.1) is 0 Å². The van der Waals surface area contributed by atoms with E-state index in [0.717, 1.165) is 11.8 Å². The Morgan fingerprint density at radius 3 is 2.44 bits per heavy atom. The van der Waals surface area contributed by atoms with Crippen molar-refractivity contribution in [2.45, 2.75) is 12.8 Å². The van der Waals surface area contributed by atoms with Gasteiger partial charge < -0.3 is 15.5 Å². The average molecular weight is 368 g/mol. The molecule has 2 aromatic carbocycles. The van der Waals surface area contributed by atoms with Gasteiger partial charge in [-0.3, -0.25) is 0 Å². The van der Waals surface area contributed by atoms with Gasteiger partial charge >= 0.3 is 6.18 Å². The first-order valence-electron chi connectivity index (χ1n) is 7.22. The number of aromatic nitrogens is 2. The van der Waals surface area contributed by atoms with E-state index in [2.05, 4.69) is 9.97 Å². The van der Waals surface area contributed by atoms with Crippen LogP contribution in [0.15, 0.2) is 48.7 Å². The van der Waals surface area contributed by atoms with Gasteiger partial charge in [0.2, 0.25) is 0 Å². The van der Waals surface area contributed by atoms with Crippen LogP contribution < -0.4 is 10.5 Å². The first-order valence-corrected chi connectivity index (χ1v) is 7.60. The lowest BCUT2D eigenvalue weighted by Gasteiger charge is -2.09. The molecule has 1 aromatic heterocycles. The predicted octanol–water partition coefficient (Wildman–Crippen LogP) is 4.91. The molecule has 130 valence electrons. The van der Waals surface area contributed by atoms with E-state index in [-0.39, 0.29) is 11.5 Å². The van der Waals surface area contributed by atoms with Crippen molar-refractivity contribution in [1.29, 1.82) is 0 Å². The Bertz CT molecular complexity index is 876. The Kier molecular flexibility index (Phi) is 4.59. The molecular weight excluding hydrogens is 355 g/mol. The van der Waals surface area contributed by atoms with Gasteiger partial charge in [0.25, 0.3) is 0 Å². The summed E-state index contributed by atoms with van der Waals surface area (Å²) in [5.41, 5.74) is 6.48. The third-order valence-electron chi connectivity index (χ3n) is 3.47. The van der Waals surface area contributed by atoms with Gasteiger partial charge in [-0.2, -0.15) is 13.2 Å². The molecule has 0 saturated heterocycles. The zero-order valence-corrected chi connectivity index (χ0v) is 13.5. The molecule has 0 radical (unpaired) electrons. The summed E-state index contributed by atoms with van der Waals surface area (Å²) < 4.78 is 43.5. The zero-order valence-electron chi connectivity index (χ0n) is 12.8. The van der Waals surface area contributed by atoms with E-state index in [1.54, 1.807) is 30.3 Å². The molecule has 1 heterocycles. The number of rotatable bonds is 4. The number of ether oxygens (including phenoxy) is 1. The summed E-state index contributed by atoms with van der Waals surface area (Å²) in [4.78, 5) is 6.02. The molecule has 0 spiro atoms. The van der Waals surface area contributed by atoms with Crippen LogP contribution in [-0.4, -0.2) is 9.97 Å². The van der Waals surface area contributed by atoms with Gasteiger partial charge in [-0.1, -0.05) is 23.7 Å². The van der Waals surface area contributed by atoms with E-state index in [0.29, 0.717) is 22.9 Å². The highest BCUT2D eigenvalue weighted by Gasteiger charge is 2.33. The van der Waals surface area contributed by atoms with Crippen molar-refractivity contribution in [3.63, 3.8) is 0 Å². The van der Waals surface area contributed by atoms with Gasteiger partial charge in [-0.15, -0.1) is 0 Å². The van der Waals surface area contributed by atoms with Crippen molar-refractivity contribution in [3.8, 4) is 17.1 Å². The average Bonchev–Trinajstić information content (AvgIpc) is 3.04. The summed E-state index contributed by atoms with van der Waals surface area (Å²) >= 11 is 5.82. The van der Waals surface area contributed by atoms with Crippen LogP contribution in [0.5, 0.6) is 5.75 Å². The van der Waals surface area contributed by atoms with E-state index in [1.165, 1.54) is 0 Å². The number of H-pyrrole nitrogens is 1. The smallest absolute Gasteiger partial charge is 0.434 e. The molecule has 3 N–H and O–H groups in total.